The molecule has 0 amide bonds. The summed E-state index contributed by atoms with van der Waals surface area (Å²) in [5.41, 5.74) is 3.10. The number of rotatable bonds is 5. The molecule has 0 atom stereocenters. The van der Waals surface area contributed by atoms with Crippen LogP contribution in [-0.4, -0.2) is 20.6 Å². The van der Waals surface area contributed by atoms with Gasteiger partial charge in [-0.3, -0.25) is 4.98 Å². The van der Waals surface area contributed by atoms with Crippen LogP contribution in [0.15, 0.2) is 17.9 Å². The SMILES string of the molecule is Cc1ncc(CNC(C)C)n1Cc1cncs1. The molecule has 0 radical (unpaired) electrons. The van der Waals surface area contributed by atoms with Crippen LogP contribution >= 0.6 is 11.3 Å². The Morgan fingerprint density at radius 3 is 2.88 bits per heavy atom. The van der Waals surface area contributed by atoms with Crippen molar-refractivity contribution in [3.8, 4) is 0 Å². The van der Waals surface area contributed by atoms with Crippen LogP contribution < -0.4 is 5.32 Å². The van der Waals surface area contributed by atoms with Gasteiger partial charge in [-0.2, -0.15) is 0 Å². The van der Waals surface area contributed by atoms with E-state index in [4.69, 9.17) is 0 Å². The molecule has 0 aromatic carbocycles. The van der Waals surface area contributed by atoms with Gasteiger partial charge >= 0.3 is 0 Å². The van der Waals surface area contributed by atoms with Crippen LogP contribution in [0.3, 0.4) is 0 Å². The van der Waals surface area contributed by atoms with E-state index in [-0.39, 0.29) is 0 Å². The molecule has 0 unspecified atom stereocenters. The third-order valence-electron chi connectivity index (χ3n) is 2.63. The van der Waals surface area contributed by atoms with E-state index in [1.54, 1.807) is 11.3 Å². The van der Waals surface area contributed by atoms with E-state index >= 15 is 0 Å². The fourth-order valence-electron chi connectivity index (χ4n) is 1.66. The number of hydrogen-bond donors (Lipinski definition) is 1. The molecule has 2 aromatic heterocycles. The van der Waals surface area contributed by atoms with Gasteiger partial charge in [0.25, 0.3) is 0 Å². The summed E-state index contributed by atoms with van der Waals surface area (Å²) in [5, 5.41) is 3.42. The van der Waals surface area contributed by atoms with Crippen molar-refractivity contribution in [1.82, 2.24) is 19.9 Å². The molecule has 5 heteroatoms. The van der Waals surface area contributed by atoms with Crippen molar-refractivity contribution in [2.45, 2.75) is 39.9 Å². The maximum absolute atomic E-state index is 4.38. The van der Waals surface area contributed by atoms with Crippen LogP contribution in [-0.2, 0) is 13.1 Å². The zero-order valence-corrected chi connectivity index (χ0v) is 11.3. The third-order valence-corrected chi connectivity index (χ3v) is 3.39. The highest BCUT2D eigenvalue weighted by atomic mass is 32.1. The Balaban J connectivity index is 2.12. The van der Waals surface area contributed by atoms with Gasteiger partial charge < -0.3 is 9.88 Å². The molecule has 92 valence electrons. The van der Waals surface area contributed by atoms with Crippen LogP contribution in [0.1, 0.15) is 30.2 Å². The average molecular weight is 250 g/mol. The van der Waals surface area contributed by atoms with Crippen molar-refractivity contribution in [3.05, 3.63) is 34.3 Å². The Bertz CT molecular complexity index is 459. The van der Waals surface area contributed by atoms with Gasteiger partial charge in [-0.05, 0) is 6.92 Å². The summed E-state index contributed by atoms with van der Waals surface area (Å²) >= 11 is 1.68. The molecule has 0 bridgehead atoms. The van der Waals surface area contributed by atoms with Gasteiger partial charge in [-0.1, -0.05) is 13.8 Å². The second-order valence-electron chi connectivity index (χ2n) is 4.39. The monoisotopic (exact) mass is 250 g/mol. The highest BCUT2D eigenvalue weighted by Gasteiger charge is 2.08. The van der Waals surface area contributed by atoms with E-state index in [1.165, 1.54) is 10.6 Å². The lowest BCUT2D eigenvalue weighted by Crippen LogP contribution is -2.23. The molecule has 2 rings (SSSR count). The van der Waals surface area contributed by atoms with E-state index < -0.39 is 0 Å². The molecule has 0 aliphatic heterocycles. The number of nitrogens with zero attached hydrogens (tertiary/aromatic N) is 3. The summed E-state index contributed by atoms with van der Waals surface area (Å²) in [5.74, 6) is 1.05. The van der Waals surface area contributed by atoms with Crippen molar-refractivity contribution in [1.29, 1.82) is 0 Å². The minimum absolute atomic E-state index is 0.488. The number of imidazole rings is 1. The van der Waals surface area contributed by atoms with E-state index in [1.807, 2.05) is 24.8 Å². The molecule has 0 fully saturated rings. The number of hydrogen-bond acceptors (Lipinski definition) is 4. The Morgan fingerprint density at radius 2 is 2.24 bits per heavy atom. The van der Waals surface area contributed by atoms with E-state index in [9.17, 15) is 0 Å². The summed E-state index contributed by atoms with van der Waals surface area (Å²) in [6, 6.07) is 0.488. The van der Waals surface area contributed by atoms with Gasteiger partial charge in [0, 0.05) is 29.9 Å². The zero-order chi connectivity index (χ0) is 12.3. The molecule has 0 saturated heterocycles. The van der Waals surface area contributed by atoms with Crippen LogP contribution in [0.2, 0.25) is 0 Å². The first-order chi connectivity index (χ1) is 8.16. The summed E-state index contributed by atoms with van der Waals surface area (Å²) in [4.78, 5) is 9.75. The minimum atomic E-state index is 0.488. The maximum Gasteiger partial charge on any atom is 0.106 e. The molecule has 0 saturated carbocycles. The number of nitrogens with one attached hydrogen (secondary N) is 1. The highest BCUT2D eigenvalue weighted by molar-refractivity contribution is 7.09. The molecule has 0 aliphatic rings. The Hall–Kier alpha value is -1.20. The number of thiazole rings is 1. The first-order valence-corrected chi connectivity index (χ1v) is 6.66. The smallest absolute Gasteiger partial charge is 0.106 e. The molecule has 2 heterocycles. The Kier molecular flexibility index (Phi) is 3.91. The van der Waals surface area contributed by atoms with Crippen LogP contribution in [0.4, 0.5) is 0 Å². The van der Waals surface area contributed by atoms with E-state index in [2.05, 4.69) is 33.7 Å². The quantitative estimate of drug-likeness (QED) is 0.884. The summed E-state index contributed by atoms with van der Waals surface area (Å²) in [7, 11) is 0. The maximum atomic E-state index is 4.38. The standard InChI is InChI=1S/C12H18N4S/c1-9(2)14-4-11-5-15-10(3)16(11)7-12-6-13-8-17-12/h5-6,8-9,14H,4,7H2,1-3H3. The first kappa shape index (κ1) is 12.3. The Labute approximate surface area is 106 Å². The molecule has 4 nitrogen and oxygen atoms in total. The molecule has 0 aliphatic carbocycles. The number of aryl methyl sites for hydroxylation is 1. The van der Waals surface area contributed by atoms with Crippen molar-refractivity contribution in [3.63, 3.8) is 0 Å². The lowest BCUT2D eigenvalue weighted by atomic mass is 10.3. The largest absolute Gasteiger partial charge is 0.326 e. The topological polar surface area (TPSA) is 42.7 Å². The van der Waals surface area contributed by atoms with Gasteiger partial charge in [0.1, 0.15) is 5.82 Å². The van der Waals surface area contributed by atoms with Crippen LogP contribution in [0.25, 0.3) is 0 Å². The lowest BCUT2D eigenvalue weighted by molar-refractivity contribution is 0.562. The van der Waals surface area contributed by atoms with Crippen molar-refractivity contribution < 1.29 is 0 Å². The molecular formula is C12H18N4S. The third kappa shape index (κ3) is 3.14. The van der Waals surface area contributed by atoms with Gasteiger partial charge in [0.05, 0.1) is 17.7 Å². The van der Waals surface area contributed by atoms with Crippen molar-refractivity contribution in [2.24, 2.45) is 0 Å². The predicted molar refractivity (Wildman–Crippen MR) is 70.2 cm³/mol. The Morgan fingerprint density at radius 1 is 1.41 bits per heavy atom. The van der Waals surface area contributed by atoms with Gasteiger partial charge in [-0.15, -0.1) is 11.3 Å². The second-order valence-corrected chi connectivity index (χ2v) is 5.36. The number of aromatic nitrogens is 3. The zero-order valence-electron chi connectivity index (χ0n) is 10.5. The fourth-order valence-corrected chi connectivity index (χ4v) is 2.24. The fraction of sp³-hybridized carbons (Fsp3) is 0.500. The first-order valence-electron chi connectivity index (χ1n) is 5.78. The molecule has 17 heavy (non-hydrogen) atoms. The van der Waals surface area contributed by atoms with Crippen LogP contribution in [0, 0.1) is 6.92 Å². The molecule has 1 N–H and O–H groups in total. The van der Waals surface area contributed by atoms with Gasteiger partial charge in [-0.25, -0.2) is 4.98 Å². The minimum Gasteiger partial charge on any atom is -0.326 e. The van der Waals surface area contributed by atoms with Crippen molar-refractivity contribution >= 4 is 11.3 Å². The lowest BCUT2D eigenvalue weighted by Gasteiger charge is -2.11. The van der Waals surface area contributed by atoms with Gasteiger partial charge in [0.2, 0.25) is 0 Å². The second kappa shape index (κ2) is 5.42. The average Bonchev–Trinajstić information content (AvgIpc) is 2.89. The van der Waals surface area contributed by atoms with Crippen LogP contribution in [0.5, 0.6) is 0 Å². The molecular weight excluding hydrogens is 232 g/mol. The van der Waals surface area contributed by atoms with E-state index in [0.29, 0.717) is 6.04 Å². The van der Waals surface area contributed by atoms with Crippen molar-refractivity contribution in [2.75, 3.05) is 0 Å². The molecule has 2 aromatic rings. The highest BCUT2D eigenvalue weighted by Crippen LogP contribution is 2.12. The summed E-state index contributed by atoms with van der Waals surface area (Å²) in [6.07, 6.45) is 3.87. The van der Waals surface area contributed by atoms with Gasteiger partial charge in [0.15, 0.2) is 0 Å². The summed E-state index contributed by atoms with van der Waals surface area (Å²) in [6.45, 7) is 8.07. The summed E-state index contributed by atoms with van der Waals surface area (Å²) < 4.78 is 2.24. The predicted octanol–water partition coefficient (Wildman–Crippen LogP) is 2.19. The van der Waals surface area contributed by atoms with E-state index in [0.717, 1.165) is 18.9 Å². The molecule has 0 spiro atoms. The normalized spacial score (nSPS) is 11.3.